The van der Waals surface area contributed by atoms with Gasteiger partial charge < -0.3 is 14.2 Å². The van der Waals surface area contributed by atoms with Crippen LogP contribution in [0, 0.1) is 12.7 Å². The van der Waals surface area contributed by atoms with Gasteiger partial charge in [0.05, 0.1) is 18.3 Å². The second kappa shape index (κ2) is 8.83. The topological polar surface area (TPSA) is 54.6 Å². The third kappa shape index (κ3) is 4.16. The quantitative estimate of drug-likeness (QED) is 0.598. The van der Waals surface area contributed by atoms with Crippen LogP contribution >= 0.6 is 0 Å². The van der Waals surface area contributed by atoms with Crippen LogP contribution in [0.4, 0.5) is 10.1 Å². The first-order valence-electron chi connectivity index (χ1n) is 10.4. The summed E-state index contributed by atoms with van der Waals surface area (Å²) < 4.78 is 25.2. The first kappa shape index (κ1) is 20.3. The van der Waals surface area contributed by atoms with Gasteiger partial charge in [0, 0.05) is 31.7 Å². The number of aromatic nitrogens is 2. The number of ether oxygens (including phenoxy) is 1. The van der Waals surface area contributed by atoms with Crippen molar-refractivity contribution in [1.82, 2.24) is 15.0 Å². The summed E-state index contributed by atoms with van der Waals surface area (Å²) in [5.41, 5.74) is 2.35. The van der Waals surface area contributed by atoms with Gasteiger partial charge in [-0.25, -0.2) is 4.39 Å². The molecule has 1 aromatic heterocycles. The molecule has 6 nitrogen and oxygen atoms in total. The van der Waals surface area contributed by atoms with Gasteiger partial charge in [-0.2, -0.15) is 4.98 Å². The van der Waals surface area contributed by atoms with E-state index in [2.05, 4.69) is 32.9 Å². The molecule has 30 heavy (non-hydrogen) atoms. The second-order valence-electron chi connectivity index (χ2n) is 7.52. The number of nitrogens with zero attached hydrogens (tertiary/aromatic N) is 4. The minimum absolute atomic E-state index is 0.00849. The summed E-state index contributed by atoms with van der Waals surface area (Å²) in [7, 11) is 0. The van der Waals surface area contributed by atoms with Crippen molar-refractivity contribution in [2.45, 2.75) is 26.8 Å². The number of halogens is 1. The maximum absolute atomic E-state index is 13.9. The van der Waals surface area contributed by atoms with Gasteiger partial charge in [0.2, 0.25) is 11.7 Å². The van der Waals surface area contributed by atoms with Crippen molar-refractivity contribution in [3.8, 4) is 17.1 Å². The van der Waals surface area contributed by atoms with Crippen molar-refractivity contribution < 1.29 is 13.7 Å². The number of benzene rings is 2. The Bertz CT molecular complexity index is 998. The van der Waals surface area contributed by atoms with E-state index in [1.807, 2.05) is 31.2 Å². The van der Waals surface area contributed by atoms with Crippen molar-refractivity contribution in [1.29, 1.82) is 0 Å². The molecule has 0 bridgehead atoms. The van der Waals surface area contributed by atoms with Crippen LogP contribution in [0.5, 0.6) is 5.75 Å². The van der Waals surface area contributed by atoms with Gasteiger partial charge in [0.25, 0.3) is 0 Å². The highest BCUT2D eigenvalue weighted by Crippen LogP contribution is 2.30. The van der Waals surface area contributed by atoms with Gasteiger partial charge in [-0.15, -0.1) is 0 Å². The van der Waals surface area contributed by atoms with Crippen LogP contribution in [0.1, 0.15) is 31.3 Å². The zero-order valence-electron chi connectivity index (χ0n) is 17.6. The molecule has 7 heteroatoms. The summed E-state index contributed by atoms with van der Waals surface area (Å²) in [5.74, 6) is 1.62. The van der Waals surface area contributed by atoms with E-state index < -0.39 is 0 Å². The molecule has 1 unspecified atom stereocenters. The van der Waals surface area contributed by atoms with Crippen LogP contribution < -0.4 is 9.64 Å². The van der Waals surface area contributed by atoms with E-state index in [-0.39, 0.29) is 11.9 Å². The normalized spacial score (nSPS) is 15.9. The Labute approximate surface area is 176 Å². The molecule has 0 aliphatic carbocycles. The maximum atomic E-state index is 13.9. The Morgan fingerprint density at radius 3 is 2.63 bits per heavy atom. The van der Waals surface area contributed by atoms with Crippen LogP contribution in [0.25, 0.3) is 11.4 Å². The molecule has 1 fully saturated rings. The van der Waals surface area contributed by atoms with E-state index >= 15 is 0 Å². The molecule has 2 heterocycles. The lowest BCUT2D eigenvalue weighted by Crippen LogP contribution is -2.47. The van der Waals surface area contributed by atoms with Crippen LogP contribution in [-0.4, -0.2) is 47.8 Å². The van der Waals surface area contributed by atoms with Crippen LogP contribution in [0.2, 0.25) is 0 Å². The standard InChI is InChI=1S/C23H27FN4O2/c1-4-29-21-8-6-5-7-20(21)28-13-11-27(12-14-28)17(3)23-25-22(26-30-23)18-10-9-16(2)19(24)15-18/h5-10,15,17H,4,11-14H2,1-3H3. The van der Waals surface area contributed by atoms with Crippen LogP contribution in [0.3, 0.4) is 0 Å². The van der Waals surface area contributed by atoms with E-state index in [1.165, 1.54) is 6.07 Å². The van der Waals surface area contributed by atoms with Crippen molar-refractivity contribution in [2.24, 2.45) is 0 Å². The number of para-hydroxylation sites is 2. The first-order chi connectivity index (χ1) is 14.6. The van der Waals surface area contributed by atoms with Gasteiger partial charge in [-0.3, -0.25) is 4.90 Å². The molecule has 0 amide bonds. The highest BCUT2D eigenvalue weighted by molar-refractivity contribution is 5.59. The third-order valence-corrected chi connectivity index (χ3v) is 5.60. The Morgan fingerprint density at radius 1 is 1.13 bits per heavy atom. The smallest absolute Gasteiger partial charge is 0.244 e. The summed E-state index contributed by atoms with van der Waals surface area (Å²) in [5, 5.41) is 4.06. The highest BCUT2D eigenvalue weighted by atomic mass is 19.1. The number of anilines is 1. The maximum Gasteiger partial charge on any atom is 0.244 e. The largest absolute Gasteiger partial charge is 0.492 e. The fourth-order valence-electron chi connectivity index (χ4n) is 3.76. The molecule has 1 aliphatic rings. The number of aryl methyl sites for hydroxylation is 1. The molecule has 0 N–H and O–H groups in total. The Hall–Kier alpha value is -2.93. The molecule has 158 valence electrons. The lowest BCUT2D eigenvalue weighted by molar-refractivity contribution is 0.164. The van der Waals surface area contributed by atoms with E-state index in [0.717, 1.165) is 37.6 Å². The molecule has 1 aliphatic heterocycles. The third-order valence-electron chi connectivity index (χ3n) is 5.60. The monoisotopic (exact) mass is 410 g/mol. The van der Waals surface area contributed by atoms with Gasteiger partial charge >= 0.3 is 0 Å². The lowest BCUT2D eigenvalue weighted by atomic mass is 10.1. The van der Waals surface area contributed by atoms with E-state index in [0.29, 0.717) is 29.4 Å². The highest BCUT2D eigenvalue weighted by Gasteiger charge is 2.27. The summed E-state index contributed by atoms with van der Waals surface area (Å²) >= 11 is 0. The summed E-state index contributed by atoms with van der Waals surface area (Å²) in [6.45, 7) is 9.97. The zero-order chi connectivity index (χ0) is 21.1. The Morgan fingerprint density at radius 2 is 1.90 bits per heavy atom. The van der Waals surface area contributed by atoms with E-state index in [1.54, 1.807) is 13.0 Å². The molecule has 1 saturated heterocycles. The molecular weight excluding hydrogens is 383 g/mol. The SMILES string of the molecule is CCOc1ccccc1N1CCN(C(C)c2nc(-c3ccc(C)c(F)c3)no2)CC1. The number of piperazine rings is 1. The predicted octanol–water partition coefficient (Wildman–Crippen LogP) is 4.47. The van der Waals surface area contributed by atoms with Crippen molar-refractivity contribution in [3.05, 3.63) is 59.7 Å². The summed E-state index contributed by atoms with van der Waals surface area (Å²) in [6, 6.07) is 13.1. The van der Waals surface area contributed by atoms with Gasteiger partial charge in [0.15, 0.2) is 0 Å². The number of rotatable bonds is 6. The molecular formula is C23H27FN4O2. The number of hydrogen-bond donors (Lipinski definition) is 0. The average molecular weight is 410 g/mol. The molecule has 2 aromatic carbocycles. The van der Waals surface area contributed by atoms with Gasteiger partial charge in [-0.1, -0.05) is 29.4 Å². The minimum Gasteiger partial charge on any atom is -0.492 e. The molecule has 0 spiro atoms. The fourth-order valence-corrected chi connectivity index (χ4v) is 3.76. The summed E-state index contributed by atoms with van der Waals surface area (Å²) in [6.07, 6.45) is 0. The summed E-state index contributed by atoms with van der Waals surface area (Å²) in [4.78, 5) is 9.20. The molecule has 3 aromatic rings. The molecule has 0 radical (unpaired) electrons. The van der Waals surface area contributed by atoms with E-state index in [4.69, 9.17) is 9.26 Å². The molecule has 4 rings (SSSR count). The first-order valence-corrected chi connectivity index (χ1v) is 10.4. The molecule has 1 atom stereocenters. The Kier molecular flexibility index (Phi) is 5.99. The predicted molar refractivity (Wildman–Crippen MR) is 114 cm³/mol. The minimum atomic E-state index is -0.268. The van der Waals surface area contributed by atoms with Crippen LogP contribution in [-0.2, 0) is 0 Å². The van der Waals surface area contributed by atoms with Crippen molar-refractivity contribution in [3.63, 3.8) is 0 Å². The van der Waals surface area contributed by atoms with E-state index in [9.17, 15) is 4.39 Å². The molecule has 0 saturated carbocycles. The fraction of sp³-hybridized carbons (Fsp3) is 0.391. The van der Waals surface area contributed by atoms with Crippen molar-refractivity contribution >= 4 is 5.69 Å². The van der Waals surface area contributed by atoms with Gasteiger partial charge in [0.1, 0.15) is 11.6 Å². The Balaban J connectivity index is 1.42. The number of hydrogen-bond acceptors (Lipinski definition) is 6. The van der Waals surface area contributed by atoms with Crippen LogP contribution in [0.15, 0.2) is 47.0 Å². The van der Waals surface area contributed by atoms with Gasteiger partial charge in [-0.05, 0) is 44.5 Å². The average Bonchev–Trinajstić information content (AvgIpc) is 3.26. The lowest BCUT2D eigenvalue weighted by Gasteiger charge is -2.38. The zero-order valence-corrected chi connectivity index (χ0v) is 17.6. The second-order valence-corrected chi connectivity index (χ2v) is 7.52. The van der Waals surface area contributed by atoms with Crippen molar-refractivity contribution in [2.75, 3.05) is 37.7 Å².